The van der Waals surface area contributed by atoms with Gasteiger partial charge in [-0.05, 0) is 19.9 Å². The highest BCUT2D eigenvalue weighted by molar-refractivity contribution is 7.57. The van der Waals surface area contributed by atoms with E-state index < -0.39 is 7.60 Å². The van der Waals surface area contributed by atoms with Crippen LogP contribution in [0.4, 0.5) is 5.69 Å². The summed E-state index contributed by atoms with van der Waals surface area (Å²) in [5.74, 6) is 1.54. The van der Waals surface area contributed by atoms with Crippen LogP contribution in [0.2, 0.25) is 5.02 Å². The van der Waals surface area contributed by atoms with Gasteiger partial charge in [0.25, 0.3) is 0 Å². The van der Waals surface area contributed by atoms with Gasteiger partial charge in [-0.15, -0.1) is 0 Å². The van der Waals surface area contributed by atoms with Crippen molar-refractivity contribution >= 4 is 30.6 Å². The maximum absolute atomic E-state index is 12.7. The Hall–Kier alpha value is -1.00. The summed E-state index contributed by atoms with van der Waals surface area (Å²) in [6.45, 7) is 5.63. The van der Waals surface area contributed by atoms with Crippen LogP contribution < -0.4 is 10.6 Å². The van der Waals surface area contributed by atoms with E-state index in [0.29, 0.717) is 30.5 Å². The van der Waals surface area contributed by atoms with E-state index in [0.717, 1.165) is 17.8 Å². The number of benzene rings is 1. The first-order valence-corrected chi connectivity index (χ1v) is 8.97. The molecule has 0 amide bonds. The number of nitrogens with one attached hydrogen (secondary N) is 2. The number of anilines is 1. The molecule has 116 valence electrons. The van der Waals surface area contributed by atoms with Crippen LogP contribution in [0.15, 0.2) is 24.0 Å². The van der Waals surface area contributed by atoms with Crippen LogP contribution in [0.25, 0.3) is 5.70 Å². The van der Waals surface area contributed by atoms with Crippen molar-refractivity contribution in [3.05, 3.63) is 34.6 Å². The number of rotatable bonds is 5. The molecule has 2 N–H and O–H groups in total. The smallest absolute Gasteiger partial charge is 0.356 e. The van der Waals surface area contributed by atoms with E-state index in [4.69, 9.17) is 20.6 Å². The Bertz CT molecular complexity index is 567. The molecule has 7 heteroatoms. The molecule has 0 bridgehead atoms. The van der Waals surface area contributed by atoms with Crippen molar-refractivity contribution in [3.8, 4) is 0 Å². The number of fused-ring (bicyclic) bond motifs is 1. The first-order chi connectivity index (χ1) is 10.1. The highest BCUT2D eigenvalue weighted by Gasteiger charge is 2.24. The van der Waals surface area contributed by atoms with E-state index >= 15 is 0 Å². The summed E-state index contributed by atoms with van der Waals surface area (Å²) < 4.78 is 23.3. The van der Waals surface area contributed by atoms with Crippen molar-refractivity contribution in [3.63, 3.8) is 0 Å². The fourth-order valence-electron chi connectivity index (χ4n) is 2.15. The first kappa shape index (κ1) is 16.4. The van der Waals surface area contributed by atoms with E-state index in [1.54, 1.807) is 19.7 Å². The topological polar surface area (TPSA) is 59.6 Å². The number of para-hydroxylation sites is 1. The molecule has 1 aromatic carbocycles. The van der Waals surface area contributed by atoms with Gasteiger partial charge in [-0.1, -0.05) is 23.7 Å². The minimum absolute atomic E-state index is 0.321. The van der Waals surface area contributed by atoms with Gasteiger partial charge in [0.2, 0.25) is 0 Å². The number of hydrogen-bond acceptors (Lipinski definition) is 5. The van der Waals surface area contributed by atoms with Crippen LogP contribution >= 0.6 is 19.2 Å². The van der Waals surface area contributed by atoms with Gasteiger partial charge in [-0.3, -0.25) is 4.57 Å². The normalized spacial score (nSPS) is 16.8. The van der Waals surface area contributed by atoms with Crippen molar-refractivity contribution in [2.45, 2.75) is 13.8 Å². The van der Waals surface area contributed by atoms with Crippen molar-refractivity contribution in [2.24, 2.45) is 0 Å². The van der Waals surface area contributed by atoms with E-state index in [1.165, 1.54) is 0 Å². The fourth-order valence-corrected chi connectivity index (χ4v) is 3.88. The summed E-state index contributed by atoms with van der Waals surface area (Å²) in [6.07, 6.45) is 0. The molecule has 0 radical (unpaired) electrons. The van der Waals surface area contributed by atoms with Gasteiger partial charge in [-0.25, -0.2) is 0 Å². The molecule has 1 aromatic rings. The van der Waals surface area contributed by atoms with Gasteiger partial charge < -0.3 is 19.7 Å². The summed E-state index contributed by atoms with van der Waals surface area (Å²) in [6, 6.07) is 5.59. The molecule has 2 rings (SSSR count). The predicted molar refractivity (Wildman–Crippen MR) is 86.8 cm³/mol. The zero-order valence-corrected chi connectivity index (χ0v) is 13.8. The number of halogens is 1. The van der Waals surface area contributed by atoms with Crippen LogP contribution in [0.5, 0.6) is 0 Å². The third-order valence-electron chi connectivity index (χ3n) is 2.95. The molecule has 0 saturated carbocycles. The molecule has 5 nitrogen and oxygen atoms in total. The molecule has 0 unspecified atom stereocenters. The Morgan fingerprint density at radius 3 is 2.57 bits per heavy atom. The van der Waals surface area contributed by atoms with Crippen LogP contribution in [-0.2, 0) is 13.6 Å². The van der Waals surface area contributed by atoms with Crippen LogP contribution in [0, 0.1) is 0 Å². The van der Waals surface area contributed by atoms with E-state index in [2.05, 4.69) is 10.6 Å². The van der Waals surface area contributed by atoms with Crippen molar-refractivity contribution in [1.82, 2.24) is 5.32 Å². The van der Waals surface area contributed by atoms with E-state index in [1.807, 2.05) is 18.2 Å². The van der Waals surface area contributed by atoms with Crippen LogP contribution in [0.1, 0.15) is 19.4 Å². The van der Waals surface area contributed by atoms with Crippen LogP contribution in [-0.4, -0.2) is 26.3 Å². The summed E-state index contributed by atoms with van der Waals surface area (Å²) in [5.41, 5.74) is 2.40. The number of hydrogen-bond donors (Lipinski definition) is 2. The second-order valence-corrected chi connectivity index (χ2v) is 6.70. The zero-order valence-electron chi connectivity index (χ0n) is 12.2. The quantitative estimate of drug-likeness (QED) is 0.801. The summed E-state index contributed by atoms with van der Waals surface area (Å²) in [4.78, 5) is 0. The second-order valence-electron chi connectivity index (χ2n) is 4.43. The molecular formula is C14H20ClN2O3P. The Kier molecular flexibility index (Phi) is 5.71. The molecule has 0 aromatic heterocycles. The fraction of sp³-hybridized carbons (Fsp3) is 0.429. The van der Waals surface area contributed by atoms with Gasteiger partial charge in [-0.2, -0.15) is 0 Å². The third-order valence-corrected chi connectivity index (χ3v) is 5.08. The standard InChI is InChI=1S/C14H20ClN2O3P/c1-3-19-21(18,20-4-2)10-13-11-6-5-7-12(15)14(11)17-9-8-16-13/h5-7,10,16-17H,3-4,8-9H2,1-2H3. The Morgan fingerprint density at radius 1 is 1.24 bits per heavy atom. The third kappa shape index (κ3) is 4.01. The van der Waals surface area contributed by atoms with Crippen molar-refractivity contribution < 1.29 is 13.6 Å². The lowest BCUT2D eigenvalue weighted by atomic mass is 10.1. The van der Waals surface area contributed by atoms with E-state index in [-0.39, 0.29) is 0 Å². The van der Waals surface area contributed by atoms with Gasteiger partial charge >= 0.3 is 7.60 Å². The van der Waals surface area contributed by atoms with E-state index in [9.17, 15) is 4.57 Å². The monoisotopic (exact) mass is 330 g/mol. The lowest BCUT2D eigenvalue weighted by Crippen LogP contribution is -2.16. The maximum atomic E-state index is 12.7. The van der Waals surface area contributed by atoms with Gasteiger partial charge in [0, 0.05) is 18.7 Å². The minimum Gasteiger partial charge on any atom is -0.382 e. The zero-order chi connectivity index (χ0) is 15.3. The highest BCUT2D eigenvalue weighted by Crippen LogP contribution is 2.51. The highest BCUT2D eigenvalue weighted by atomic mass is 35.5. The Morgan fingerprint density at radius 2 is 1.90 bits per heavy atom. The van der Waals surface area contributed by atoms with Crippen molar-refractivity contribution in [1.29, 1.82) is 0 Å². The van der Waals surface area contributed by atoms with Crippen LogP contribution in [0.3, 0.4) is 0 Å². The minimum atomic E-state index is -3.27. The molecule has 0 fully saturated rings. The molecular weight excluding hydrogens is 311 g/mol. The molecule has 0 atom stereocenters. The molecule has 0 aliphatic carbocycles. The Balaban J connectivity index is 2.45. The predicted octanol–water partition coefficient (Wildman–Crippen LogP) is 3.92. The average Bonchev–Trinajstić information content (AvgIpc) is 2.63. The van der Waals surface area contributed by atoms with Crippen molar-refractivity contribution in [2.75, 3.05) is 31.6 Å². The molecule has 1 aliphatic heterocycles. The lowest BCUT2D eigenvalue weighted by Gasteiger charge is -2.16. The molecule has 0 spiro atoms. The van der Waals surface area contributed by atoms with Gasteiger partial charge in [0.05, 0.1) is 35.4 Å². The average molecular weight is 331 g/mol. The summed E-state index contributed by atoms with van der Waals surface area (Å²) in [7, 11) is -3.27. The Labute approximate surface area is 130 Å². The first-order valence-electron chi connectivity index (χ1n) is 6.98. The molecule has 1 aliphatic rings. The summed E-state index contributed by atoms with van der Waals surface area (Å²) in [5, 5.41) is 7.14. The summed E-state index contributed by atoms with van der Waals surface area (Å²) >= 11 is 6.22. The SMILES string of the molecule is CCOP(=O)(C=C1NCCNc2c(Cl)cccc21)OCC. The second kappa shape index (κ2) is 7.32. The molecule has 0 saturated heterocycles. The maximum Gasteiger partial charge on any atom is 0.356 e. The van der Waals surface area contributed by atoms with Gasteiger partial charge in [0.1, 0.15) is 0 Å². The molecule has 1 heterocycles. The molecule has 21 heavy (non-hydrogen) atoms. The lowest BCUT2D eigenvalue weighted by molar-refractivity contribution is 0.229. The largest absolute Gasteiger partial charge is 0.382 e. The van der Waals surface area contributed by atoms with Gasteiger partial charge in [0.15, 0.2) is 0 Å².